The second kappa shape index (κ2) is 9.19. The number of carboxylic acid groups (broad SMARTS) is 1. The fraction of sp³-hybridized carbons (Fsp3) is 0.200. The van der Waals surface area contributed by atoms with Gasteiger partial charge in [-0.25, -0.2) is 9.78 Å². The Morgan fingerprint density at radius 3 is 2.83 bits per heavy atom. The minimum Gasteiger partial charge on any atom is -0.480 e. The van der Waals surface area contributed by atoms with Gasteiger partial charge in [-0.1, -0.05) is 34.5 Å². The Bertz CT molecular complexity index is 1160. The van der Waals surface area contributed by atoms with Gasteiger partial charge in [0.25, 0.3) is 5.56 Å². The molecule has 0 saturated carbocycles. The molecule has 9 heteroatoms. The molecule has 0 atom stereocenters. The van der Waals surface area contributed by atoms with E-state index in [4.69, 9.17) is 21.4 Å². The van der Waals surface area contributed by atoms with Gasteiger partial charge in [-0.15, -0.1) is 0 Å². The van der Waals surface area contributed by atoms with Crippen molar-refractivity contribution >= 4 is 50.6 Å². The van der Waals surface area contributed by atoms with Crippen molar-refractivity contribution in [1.29, 1.82) is 0 Å². The molecule has 0 unspecified atom stereocenters. The van der Waals surface area contributed by atoms with Crippen LogP contribution in [0.1, 0.15) is 24.7 Å². The van der Waals surface area contributed by atoms with Crippen LogP contribution in [0.2, 0.25) is 5.02 Å². The summed E-state index contributed by atoms with van der Waals surface area (Å²) in [7, 11) is 0. The zero-order chi connectivity index (χ0) is 21.0. The van der Waals surface area contributed by atoms with E-state index in [-0.39, 0.29) is 16.3 Å². The smallest absolute Gasteiger partial charge is 0.341 e. The summed E-state index contributed by atoms with van der Waals surface area (Å²) in [5.74, 6) is -0.270. The van der Waals surface area contributed by atoms with Crippen LogP contribution >= 0.6 is 27.5 Å². The molecule has 0 aliphatic heterocycles. The molecular formula is C20H17BrClN3O4. The van der Waals surface area contributed by atoms with Gasteiger partial charge in [0.2, 0.25) is 0 Å². The molecule has 3 aromatic rings. The fourth-order valence-corrected chi connectivity index (χ4v) is 3.28. The number of aryl methyl sites for hydroxylation is 1. The fourth-order valence-electron chi connectivity index (χ4n) is 2.68. The van der Waals surface area contributed by atoms with E-state index in [0.29, 0.717) is 28.7 Å². The molecule has 0 aliphatic carbocycles. The quantitative estimate of drug-likeness (QED) is 0.516. The molecule has 150 valence electrons. The van der Waals surface area contributed by atoms with Gasteiger partial charge in [-0.3, -0.25) is 4.79 Å². The van der Waals surface area contributed by atoms with Crippen LogP contribution in [0.15, 0.2) is 50.8 Å². The van der Waals surface area contributed by atoms with Crippen LogP contribution in [0.3, 0.4) is 0 Å². The van der Waals surface area contributed by atoms with Crippen LogP contribution in [0.25, 0.3) is 10.9 Å². The maximum Gasteiger partial charge on any atom is 0.341 e. The number of benzene rings is 2. The molecule has 1 heterocycles. The lowest BCUT2D eigenvalue weighted by molar-refractivity contribution is -0.139. The highest BCUT2D eigenvalue weighted by molar-refractivity contribution is 9.10. The Kier molecular flexibility index (Phi) is 6.66. The highest BCUT2D eigenvalue weighted by atomic mass is 79.9. The first-order valence-electron chi connectivity index (χ1n) is 8.78. The van der Waals surface area contributed by atoms with Gasteiger partial charge < -0.3 is 9.84 Å². The number of carbonyl (C=O) groups is 1. The van der Waals surface area contributed by atoms with Crippen LogP contribution in [-0.2, 0) is 11.2 Å². The normalized spacial score (nSPS) is 11.3. The molecule has 1 aromatic heterocycles. The predicted molar refractivity (Wildman–Crippen MR) is 115 cm³/mol. The van der Waals surface area contributed by atoms with Gasteiger partial charge in [-0.2, -0.15) is 9.78 Å². The molecule has 7 nitrogen and oxygen atoms in total. The molecule has 0 spiro atoms. The maximum absolute atomic E-state index is 13.0. The molecule has 2 aromatic carbocycles. The Balaban J connectivity index is 1.98. The lowest BCUT2D eigenvalue weighted by Crippen LogP contribution is -2.22. The van der Waals surface area contributed by atoms with E-state index >= 15 is 0 Å². The number of aromatic nitrogens is 2. The van der Waals surface area contributed by atoms with Crippen LogP contribution in [0, 0.1) is 0 Å². The van der Waals surface area contributed by atoms with Gasteiger partial charge in [0, 0.05) is 10.9 Å². The third kappa shape index (κ3) is 5.02. The van der Waals surface area contributed by atoms with Crippen molar-refractivity contribution in [2.45, 2.75) is 19.8 Å². The molecular weight excluding hydrogens is 462 g/mol. The van der Waals surface area contributed by atoms with E-state index in [1.54, 1.807) is 30.3 Å². The minimum absolute atomic E-state index is 0.247. The zero-order valence-corrected chi connectivity index (χ0v) is 17.8. The number of rotatable bonds is 7. The average Bonchev–Trinajstić information content (AvgIpc) is 2.68. The molecule has 3 rings (SSSR count). The number of aliphatic carboxylic acids is 1. The first kappa shape index (κ1) is 21.0. The van der Waals surface area contributed by atoms with E-state index < -0.39 is 12.6 Å². The summed E-state index contributed by atoms with van der Waals surface area (Å²) in [5, 5.41) is 13.7. The highest BCUT2D eigenvalue weighted by Gasteiger charge is 2.11. The zero-order valence-electron chi connectivity index (χ0n) is 15.4. The maximum atomic E-state index is 13.0. The number of carboxylic acids is 1. The standard InChI is InChI=1S/C20H17BrClN3O4/c1-2-3-18-24-16-6-5-13(21)9-14(16)20(28)25(18)23-10-12-4-7-17(15(22)8-12)29-11-19(26)27/h4-10H,2-3,11H2,1H3,(H,26,27). The summed E-state index contributed by atoms with van der Waals surface area (Å²) in [6.07, 6.45) is 2.91. The second-order valence-electron chi connectivity index (χ2n) is 6.17. The van der Waals surface area contributed by atoms with Crippen molar-refractivity contribution in [3.63, 3.8) is 0 Å². The number of hydrogen-bond acceptors (Lipinski definition) is 5. The molecule has 29 heavy (non-hydrogen) atoms. The second-order valence-corrected chi connectivity index (χ2v) is 7.50. The Hall–Kier alpha value is -2.71. The van der Waals surface area contributed by atoms with E-state index in [9.17, 15) is 9.59 Å². The van der Waals surface area contributed by atoms with Crippen LogP contribution in [0.4, 0.5) is 0 Å². The lowest BCUT2D eigenvalue weighted by Gasteiger charge is -2.09. The van der Waals surface area contributed by atoms with Crippen molar-refractivity contribution in [3.8, 4) is 5.75 Å². The molecule has 0 amide bonds. The lowest BCUT2D eigenvalue weighted by atomic mass is 10.2. The molecule has 0 saturated heterocycles. The summed E-state index contributed by atoms with van der Waals surface area (Å²) >= 11 is 9.51. The van der Waals surface area contributed by atoms with Crippen molar-refractivity contribution in [3.05, 3.63) is 67.6 Å². The first-order valence-corrected chi connectivity index (χ1v) is 9.96. The third-order valence-electron chi connectivity index (χ3n) is 3.98. The molecule has 1 N–H and O–H groups in total. The highest BCUT2D eigenvalue weighted by Crippen LogP contribution is 2.25. The van der Waals surface area contributed by atoms with E-state index in [0.717, 1.165) is 10.9 Å². The number of ether oxygens (including phenoxy) is 1. The Morgan fingerprint density at radius 1 is 1.34 bits per heavy atom. The number of nitrogens with zero attached hydrogens (tertiary/aromatic N) is 3. The summed E-state index contributed by atoms with van der Waals surface area (Å²) in [6.45, 7) is 1.52. The molecule has 0 bridgehead atoms. The molecule has 0 aliphatic rings. The summed E-state index contributed by atoms with van der Waals surface area (Å²) in [4.78, 5) is 28.1. The van der Waals surface area contributed by atoms with Crippen molar-refractivity contribution in [2.24, 2.45) is 5.10 Å². The number of halogens is 2. The van der Waals surface area contributed by atoms with Gasteiger partial charge >= 0.3 is 5.97 Å². The van der Waals surface area contributed by atoms with Crippen LogP contribution < -0.4 is 10.3 Å². The van der Waals surface area contributed by atoms with Gasteiger partial charge in [0.05, 0.1) is 22.1 Å². The SMILES string of the molecule is CCCc1nc2ccc(Br)cc2c(=O)n1N=Cc1ccc(OCC(=O)O)c(Cl)c1. The van der Waals surface area contributed by atoms with E-state index in [1.807, 2.05) is 13.0 Å². The van der Waals surface area contributed by atoms with Crippen LogP contribution in [0.5, 0.6) is 5.75 Å². The van der Waals surface area contributed by atoms with E-state index in [2.05, 4.69) is 26.0 Å². The van der Waals surface area contributed by atoms with Gasteiger partial charge in [0.1, 0.15) is 11.6 Å². The Labute approximate surface area is 179 Å². The number of fused-ring (bicyclic) bond motifs is 1. The topological polar surface area (TPSA) is 93.8 Å². The first-order chi connectivity index (χ1) is 13.9. The Morgan fingerprint density at radius 2 is 2.14 bits per heavy atom. The summed E-state index contributed by atoms with van der Waals surface area (Å²) in [6, 6.07) is 10.2. The third-order valence-corrected chi connectivity index (χ3v) is 4.77. The van der Waals surface area contributed by atoms with Crippen molar-refractivity contribution in [1.82, 2.24) is 9.66 Å². The summed E-state index contributed by atoms with van der Waals surface area (Å²) < 4.78 is 7.18. The average molecular weight is 479 g/mol. The largest absolute Gasteiger partial charge is 0.480 e. The van der Waals surface area contributed by atoms with Gasteiger partial charge in [0.15, 0.2) is 6.61 Å². The molecule has 0 fully saturated rings. The minimum atomic E-state index is -1.09. The van der Waals surface area contributed by atoms with E-state index in [1.165, 1.54) is 10.9 Å². The predicted octanol–water partition coefficient (Wildman–Crippen LogP) is 4.11. The monoisotopic (exact) mass is 477 g/mol. The van der Waals surface area contributed by atoms with Crippen molar-refractivity contribution in [2.75, 3.05) is 6.61 Å². The summed E-state index contributed by atoms with van der Waals surface area (Å²) in [5.41, 5.74) is 0.987. The van der Waals surface area contributed by atoms with Crippen molar-refractivity contribution < 1.29 is 14.6 Å². The van der Waals surface area contributed by atoms with Crippen LogP contribution in [-0.4, -0.2) is 33.6 Å². The molecule has 0 radical (unpaired) electrons. The van der Waals surface area contributed by atoms with Gasteiger partial charge in [-0.05, 0) is 48.4 Å². The number of hydrogen-bond donors (Lipinski definition) is 1.